The molecule has 0 atom stereocenters. The molecule has 0 radical (unpaired) electrons. The fraction of sp³-hybridized carbons (Fsp3) is 0.240. The van der Waals surface area contributed by atoms with Crippen molar-refractivity contribution >= 4 is 33.2 Å². The maximum atomic E-state index is 13.3. The van der Waals surface area contributed by atoms with Gasteiger partial charge in [-0.1, -0.05) is 35.9 Å². The number of halogens is 2. The zero-order chi connectivity index (χ0) is 25.0. The molecule has 4 rings (SSSR count). The van der Waals surface area contributed by atoms with Gasteiger partial charge in [-0.15, -0.1) is 0 Å². The van der Waals surface area contributed by atoms with Crippen molar-refractivity contribution in [2.75, 3.05) is 38.2 Å². The van der Waals surface area contributed by atoms with E-state index in [4.69, 9.17) is 16.3 Å². The molecule has 35 heavy (non-hydrogen) atoms. The first-order valence-electron chi connectivity index (χ1n) is 11.0. The van der Waals surface area contributed by atoms with Crippen molar-refractivity contribution in [2.24, 2.45) is 0 Å². The molecule has 1 saturated heterocycles. The second-order valence-electron chi connectivity index (χ2n) is 8.05. The lowest BCUT2D eigenvalue weighted by atomic mass is 10.1. The molecule has 0 aromatic heterocycles. The lowest BCUT2D eigenvalue weighted by Crippen LogP contribution is -2.48. The van der Waals surface area contributed by atoms with Gasteiger partial charge in [-0.3, -0.25) is 4.79 Å². The van der Waals surface area contributed by atoms with E-state index < -0.39 is 15.8 Å². The quantitative estimate of drug-likeness (QED) is 0.514. The summed E-state index contributed by atoms with van der Waals surface area (Å²) in [5, 5.41) is -0.264. The maximum Gasteiger partial charge on any atom is 0.253 e. The van der Waals surface area contributed by atoms with E-state index in [1.54, 1.807) is 31.4 Å². The number of carbonyl (C=O) groups is 1. The number of ether oxygens (including phenoxy) is 1. The van der Waals surface area contributed by atoms with Crippen molar-refractivity contribution in [3.63, 3.8) is 0 Å². The van der Waals surface area contributed by atoms with Crippen molar-refractivity contribution in [1.82, 2.24) is 9.62 Å². The van der Waals surface area contributed by atoms with E-state index in [9.17, 15) is 17.6 Å². The molecule has 1 aliphatic rings. The van der Waals surface area contributed by atoms with Gasteiger partial charge >= 0.3 is 0 Å². The van der Waals surface area contributed by atoms with Crippen LogP contribution in [0, 0.1) is 5.82 Å². The number of sulfonamides is 1. The topological polar surface area (TPSA) is 79.0 Å². The minimum Gasteiger partial charge on any atom is -0.495 e. The highest BCUT2D eigenvalue weighted by atomic mass is 35.5. The van der Waals surface area contributed by atoms with E-state index in [-0.39, 0.29) is 22.4 Å². The largest absolute Gasteiger partial charge is 0.495 e. The summed E-state index contributed by atoms with van der Waals surface area (Å²) in [4.78, 5) is 16.9. The molecular formula is C25H25ClFN3O4S. The molecule has 184 valence electrons. The van der Waals surface area contributed by atoms with Gasteiger partial charge < -0.3 is 14.5 Å². The number of piperazine rings is 1. The number of rotatable bonds is 7. The van der Waals surface area contributed by atoms with Crippen LogP contribution in [0.5, 0.6) is 5.75 Å². The molecule has 0 unspecified atom stereocenters. The normalized spacial score (nSPS) is 14.1. The zero-order valence-electron chi connectivity index (χ0n) is 19.1. The molecule has 3 aromatic carbocycles. The maximum absolute atomic E-state index is 13.3. The number of benzene rings is 3. The van der Waals surface area contributed by atoms with E-state index in [0.717, 1.165) is 29.6 Å². The third-order valence-electron chi connectivity index (χ3n) is 5.86. The molecule has 7 nitrogen and oxygen atoms in total. The molecular weight excluding hydrogens is 493 g/mol. The monoisotopic (exact) mass is 517 g/mol. The van der Waals surface area contributed by atoms with Crippen molar-refractivity contribution in [3.05, 3.63) is 88.7 Å². The highest BCUT2D eigenvalue weighted by Crippen LogP contribution is 2.28. The molecule has 0 saturated carbocycles. The third-order valence-corrected chi connectivity index (χ3v) is 7.55. The van der Waals surface area contributed by atoms with Gasteiger partial charge in [0.2, 0.25) is 10.0 Å². The Labute approximate surface area is 209 Å². The van der Waals surface area contributed by atoms with E-state index in [0.29, 0.717) is 37.3 Å². The zero-order valence-corrected chi connectivity index (χ0v) is 20.7. The van der Waals surface area contributed by atoms with Crippen molar-refractivity contribution in [1.29, 1.82) is 0 Å². The first-order valence-corrected chi connectivity index (χ1v) is 12.9. The van der Waals surface area contributed by atoms with Gasteiger partial charge in [0.15, 0.2) is 0 Å². The SMILES string of the molecule is COc1ccccc1N1CCN(C(=O)c2ccc(CNS(=O)(=O)c3ccc(F)c(Cl)c3)cc2)CC1. The van der Waals surface area contributed by atoms with Gasteiger partial charge in [0.1, 0.15) is 11.6 Å². The number of hydrogen-bond acceptors (Lipinski definition) is 5. The fourth-order valence-electron chi connectivity index (χ4n) is 3.89. The molecule has 1 amide bonds. The van der Waals surface area contributed by atoms with Crippen LogP contribution < -0.4 is 14.4 Å². The van der Waals surface area contributed by atoms with E-state index in [2.05, 4.69) is 9.62 Å². The summed E-state index contributed by atoms with van der Waals surface area (Å²) in [6, 6.07) is 17.8. The number of para-hydroxylation sites is 2. The summed E-state index contributed by atoms with van der Waals surface area (Å²) in [7, 11) is -2.22. The smallest absolute Gasteiger partial charge is 0.253 e. The van der Waals surface area contributed by atoms with Crippen LogP contribution in [0.1, 0.15) is 15.9 Å². The van der Waals surface area contributed by atoms with Gasteiger partial charge in [-0.05, 0) is 48.0 Å². The number of anilines is 1. The van der Waals surface area contributed by atoms with Crippen LogP contribution >= 0.6 is 11.6 Å². The first-order chi connectivity index (χ1) is 16.8. The Morgan fingerprint density at radius 3 is 2.37 bits per heavy atom. The summed E-state index contributed by atoms with van der Waals surface area (Å²) in [5.74, 6) is 0.0471. The summed E-state index contributed by atoms with van der Waals surface area (Å²) in [6.07, 6.45) is 0. The van der Waals surface area contributed by atoms with Crippen LogP contribution in [-0.4, -0.2) is 52.5 Å². The van der Waals surface area contributed by atoms with Gasteiger partial charge in [0, 0.05) is 38.3 Å². The molecule has 0 bridgehead atoms. The summed E-state index contributed by atoms with van der Waals surface area (Å²) >= 11 is 5.69. The first kappa shape index (κ1) is 25.0. The molecule has 0 spiro atoms. The Morgan fingerprint density at radius 1 is 1.03 bits per heavy atom. The highest BCUT2D eigenvalue weighted by Gasteiger charge is 2.24. The number of carbonyl (C=O) groups excluding carboxylic acids is 1. The second-order valence-corrected chi connectivity index (χ2v) is 10.2. The minimum atomic E-state index is -3.86. The van der Waals surface area contributed by atoms with Crippen LogP contribution in [0.15, 0.2) is 71.6 Å². The van der Waals surface area contributed by atoms with Crippen molar-refractivity contribution in [3.8, 4) is 5.75 Å². The molecule has 1 fully saturated rings. The van der Waals surface area contributed by atoms with E-state index in [1.165, 1.54) is 0 Å². The average Bonchev–Trinajstić information content (AvgIpc) is 2.89. The average molecular weight is 518 g/mol. The van der Waals surface area contributed by atoms with Crippen LogP contribution in [0.25, 0.3) is 0 Å². The summed E-state index contributed by atoms with van der Waals surface area (Å²) < 4.78 is 46.1. The van der Waals surface area contributed by atoms with Crippen LogP contribution in [0.4, 0.5) is 10.1 Å². The minimum absolute atomic E-state index is 0.0172. The predicted octanol–water partition coefficient (Wildman–Crippen LogP) is 3.93. The predicted molar refractivity (Wildman–Crippen MR) is 133 cm³/mol. The highest BCUT2D eigenvalue weighted by molar-refractivity contribution is 7.89. The van der Waals surface area contributed by atoms with Crippen LogP contribution in [0.2, 0.25) is 5.02 Å². The Morgan fingerprint density at radius 2 is 1.71 bits per heavy atom. The number of nitrogens with zero attached hydrogens (tertiary/aromatic N) is 2. The van der Waals surface area contributed by atoms with Gasteiger partial charge in [-0.25, -0.2) is 17.5 Å². The molecule has 0 aliphatic carbocycles. The third kappa shape index (κ3) is 5.75. The van der Waals surface area contributed by atoms with Gasteiger partial charge in [-0.2, -0.15) is 0 Å². The molecule has 1 heterocycles. The molecule has 3 aromatic rings. The Bertz CT molecular complexity index is 1310. The summed E-state index contributed by atoms with van der Waals surface area (Å²) in [6.45, 7) is 2.57. The van der Waals surface area contributed by atoms with Gasteiger partial charge in [0.05, 0.1) is 22.7 Å². The molecule has 10 heteroatoms. The fourth-order valence-corrected chi connectivity index (χ4v) is 5.18. The summed E-state index contributed by atoms with van der Waals surface area (Å²) in [5.41, 5.74) is 2.23. The Kier molecular flexibility index (Phi) is 7.59. The van der Waals surface area contributed by atoms with Gasteiger partial charge in [0.25, 0.3) is 5.91 Å². The van der Waals surface area contributed by atoms with Crippen LogP contribution in [0.3, 0.4) is 0 Å². The standard InChI is InChI=1S/C25H25ClFN3O4S/c1-34-24-5-3-2-4-23(24)29-12-14-30(15-13-29)25(31)19-8-6-18(7-9-19)17-28-35(32,33)20-10-11-22(27)21(26)16-20/h2-11,16,28H,12-15,17H2,1H3. The number of nitrogens with one attached hydrogen (secondary N) is 1. The Hall–Kier alpha value is -3.14. The van der Waals surface area contributed by atoms with E-state index in [1.807, 2.05) is 29.2 Å². The number of amides is 1. The molecule has 1 aliphatic heterocycles. The second kappa shape index (κ2) is 10.6. The lowest BCUT2D eigenvalue weighted by molar-refractivity contribution is 0.0746. The van der Waals surface area contributed by atoms with Crippen LogP contribution in [-0.2, 0) is 16.6 Å². The number of hydrogen-bond donors (Lipinski definition) is 1. The van der Waals surface area contributed by atoms with Crippen molar-refractivity contribution in [2.45, 2.75) is 11.4 Å². The van der Waals surface area contributed by atoms with E-state index >= 15 is 0 Å². The van der Waals surface area contributed by atoms with Crippen molar-refractivity contribution < 1.29 is 22.3 Å². The lowest BCUT2D eigenvalue weighted by Gasteiger charge is -2.36. The molecule has 1 N–H and O–H groups in total. The Balaban J connectivity index is 1.34. The number of methoxy groups -OCH3 is 1.